The van der Waals surface area contributed by atoms with E-state index in [4.69, 9.17) is 9.15 Å². The molecule has 5 nitrogen and oxygen atoms in total. The van der Waals surface area contributed by atoms with E-state index in [0.717, 1.165) is 10.5 Å². The van der Waals surface area contributed by atoms with Crippen molar-refractivity contribution in [2.45, 2.75) is 23.5 Å². The molecule has 2 N–H and O–H groups in total. The first kappa shape index (κ1) is 19.2. The first-order valence-electron chi connectivity index (χ1n) is 9.13. The molecule has 0 bridgehead atoms. The van der Waals surface area contributed by atoms with Gasteiger partial charge < -0.3 is 19.4 Å². The number of methoxy groups -OCH3 is 1. The van der Waals surface area contributed by atoms with Crippen LogP contribution in [0.5, 0.6) is 17.2 Å². The first-order chi connectivity index (χ1) is 14.0. The molecular weight excluding hydrogens is 388 g/mol. The predicted octanol–water partition coefficient (Wildman–Crippen LogP) is 5.15. The van der Waals surface area contributed by atoms with Crippen molar-refractivity contribution in [3.63, 3.8) is 0 Å². The molecule has 0 aliphatic carbocycles. The van der Waals surface area contributed by atoms with E-state index in [2.05, 4.69) is 0 Å². The van der Waals surface area contributed by atoms with Crippen molar-refractivity contribution in [2.24, 2.45) is 0 Å². The summed E-state index contributed by atoms with van der Waals surface area (Å²) >= 11 is 1.60. The van der Waals surface area contributed by atoms with Gasteiger partial charge in [-0.15, -0.1) is 11.8 Å². The Morgan fingerprint density at radius 1 is 1.10 bits per heavy atom. The highest BCUT2D eigenvalue weighted by Crippen LogP contribution is 2.49. The van der Waals surface area contributed by atoms with Gasteiger partial charge in [-0.1, -0.05) is 18.2 Å². The molecule has 0 saturated heterocycles. The topological polar surface area (TPSA) is 79.9 Å². The van der Waals surface area contributed by atoms with E-state index < -0.39 is 5.63 Å². The average molecular weight is 408 g/mol. The summed E-state index contributed by atoms with van der Waals surface area (Å²) in [6.07, 6.45) is 2.32. The molecule has 2 aromatic carbocycles. The average Bonchev–Trinajstić information content (AvgIpc) is 2.87. The number of thioether (sulfide) groups is 1. The number of aryl methyl sites for hydroxylation is 1. The van der Waals surface area contributed by atoms with E-state index in [1.807, 2.05) is 30.3 Å². The lowest BCUT2D eigenvalue weighted by molar-refractivity contribution is 0.410. The zero-order chi connectivity index (χ0) is 20.5. The summed E-state index contributed by atoms with van der Waals surface area (Å²) in [5.41, 5.74) is 1.87. The largest absolute Gasteiger partial charge is 0.508 e. The fourth-order valence-electron chi connectivity index (χ4n) is 3.51. The summed E-state index contributed by atoms with van der Waals surface area (Å²) in [6.45, 7) is 1.62. The number of benzene rings is 2. The number of allylic oxidation sites excluding steroid dienone is 1. The fraction of sp³-hybridized carbons (Fsp3) is 0.174. The zero-order valence-electron chi connectivity index (χ0n) is 16.0. The summed E-state index contributed by atoms with van der Waals surface area (Å²) in [6, 6.07) is 14.4. The van der Waals surface area contributed by atoms with Gasteiger partial charge in [0, 0.05) is 21.8 Å². The van der Waals surface area contributed by atoms with Crippen molar-refractivity contribution < 1.29 is 19.4 Å². The molecule has 0 spiro atoms. The standard InChI is InChI=1S/C23H20O5S/c1-13-9-19(25)22(23(26)28-13)15-10-14-5-3-4-6-20(14)29-21(11-15)17-12-16(27-2)7-8-18(17)24/h3-10,12,21,24-25H,11H2,1-2H3. The van der Waals surface area contributed by atoms with Crippen LogP contribution in [0.15, 0.2) is 62.6 Å². The molecule has 29 heavy (non-hydrogen) atoms. The maximum atomic E-state index is 12.6. The van der Waals surface area contributed by atoms with Gasteiger partial charge in [0.1, 0.15) is 28.6 Å². The first-order valence-corrected chi connectivity index (χ1v) is 10.0. The third-order valence-electron chi connectivity index (χ3n) is 4.88. The molecule has 0 fully saturated rings. The second kappa shape index (κ2) is 7.72. The Balaban J connectivity index is 1.89. The van der Waals surface area contributed by atoms with Crippen molar-refractivity contribution in [3.8, 4) is 17.2 Å². The van der Waals surface area contributed by atoms with Crippen LogP contribution in [0.1, 0.15) is 34.1 Å². The molecule has 0 saturated carbocycles. The van der Waals surface area contributed by atoms with Crippen molar-refractivity contribution in [1.29, 1.82) is 0 Å². The molecule has 3 aromatic rings. The molecule has 1 unspecified atom stereocenters. The van der Waals surface area contributed by atoms with Crippen LogP contribution in [0, 0.1) is 6.92 Å². The van der Waals surface area contributed by atoms with Crippen LogP contribution < -0.4 is 10.4 Å². The third kappa shape index (κ3) is 3.76. The minimum Gasteiger partial charge on any atom is -0.508 e. The van der Waals surface area contributed by atoms with Crippen molar-refractivity contribution >= 4 is 23.4 Å². The fourth-order valence-corrected chi connectivity index (χ4v) is 4.81. The van der Waals surface area contributed by atoms with Gasteiger partial charge >= 0.3 is 5.63 Å². The minimum atomic E-state index is -0.577. The monoisotopic (exact) mass is 408 g/mol. The number of phenolic OH excluding ortho intramolecular Hbond substituents is 1. The number of ether oxygens (including phenoxy) is 1. The van der Waals surface area contributed by atoms with Crippen LogP contribution in [0.3, 0.4) is 0 Å². The molecule has 6 heteroatoms. The molecule has 0 amide bonds. The van der Waals surface area contributed by atoms with Crippen LogP contribution in [-0.4, -0.2) is 17.3 Å². The number of hydrogen-bond acceptors (Lipinski definition) is 6. The summed E-state index contributed by atoms with van der Waals surface area (Å²) in [7, 11) is 1.58. The van der Waals surface area contributed by atoms with E-state index in [9.17, 15) is 15.0 Å². The molecule has 148 valence electrons. The van der Waals surface area contributed by atoms with E-state index in [-0.39, 0.29) is 22.3 Å². The smallest absolute Gasteiger partial charge is 0.347 e. The summed E-state index contributed by atoms with van der Waals surface area (Å²) in [5.74, 6) is 1.03. The van der Waals surface area contributed by atoms with Gasteiger partial charge in [0.25, 0.3) is 0 Å². The number of rotatable bonds is 3. The van der Waals surface area contributed by atoms with Crippen molar-refractivity contribution in [3.05, 3.63) is 81.4 Å². The third-order valence-corrected chi connectivity index (χ3v) is 6.21. The molecule has 1 aromatic heterocycles. The Bertz CT molecular complexity index is 1160. The van der Waals surface area contributed by atoms with E-state index in [0.29, 0.717) is 29.1 Å². The highest BCUT2D eigenvalue weighted by atomic mass is 32.2. The highest BCUT2D eigenvalue weighted by molar-refractivity contribution is 7.99. The Morgan fingerprint density at radius 3 is 2.66 bits per heavy atom. The number of fused-ring (bicyclic) bond motifs is 1. The normalized spacial score (nSPS) is 15.9. The molecular formula is C23H20O5S. The maximum absolute atomic E-state index is 12.6. The Morgan fingerprint density at radius 2 is 1.90 bits per heavy atom. The van der Waals surface area contributed by atoms with E-state index in [1.165, 1.54) is 6.07 Å². The van der Waals surface area contributed by atoms with Crippen molar-refractivity contribution in [2.75, 3.05) is 7.11 Å². The maximum Gasteiger partial charge on any atom is 0.347 e. The van der Waals surface area contributed by atoms with Gasteiger partial charge in [-0.25, -0.2) is 4.79 Å². The molecule has 2 heterocycles. The van der Waals surface area contributed by atoms with Gasteiger partial charge in [-0.2, -0.15) is 0 Å². The number of phenols is 1. The highest BCUT2D eigenvalue weighted by Gasteiger charge is 2.26. The number of hydrogen-bond donors (Lipinski definition) is 2. The summed E-state index contributed by atoms with van der Waals surface area (Å²) in [4.78, 5) is 13.6. The van der Waals surface area contributed by atoms with Gasteiger partial charge in [0.15, 0.2) is 0 Å². The minimum absolute atomic E-state index is 0.108. The van der Waals surface area contributed by atoms with E-state index >= 15 is 0 Å². The Labute approximate surface area is 172 Å². The van der Waals surface area contributed by atoms with Crippen LogP contribution in [0.2, 0.25) is 0 Å². The number of aromatic hydroxyl groups is 2. The zero-order valence-corrected chi connectivity index (χ0v) is 16.8. The Kier molecular flexibility index (Phi) is 5.11. The molecule has 1 aliphatic heterocycles. The van der Waals surface area contributed by atoms with Crippen LogP contribution in [-0.2, 0) is 0 Å². The van der Waals surface area contributed by atoms with E-state index in [1.54, 1.807) is 44.0 Å². The molecule has 1 atom stereocenters. The van der Waals surface area contributed by atoms with Crippen LogP contribution in [0.4, 0.5) is 0 Å². The molecule has 1 aliphatic rings. The SMILES string of the molecule is COc1ccc(O)c(C2CC(c3c(O)cc(C)oc3=O)=Cc3ccccc3S2)c1. The van der Waals surface area contributed by atoms with Crippen LogP contribution in [0.25, 0.3) is 11.6 Å². The second-order valence-electron chi connectivity index (χ2n) is 6.85. The van der Waals surface area contributed by atoms with Gasteiger partial charge in [0.05, 0.1) is 7.11 Å². The summed E-state index contributed by atoms with van der Waals surface area (Å²) < 4.78 is 10.6. The van der Waals surface area contributed by atoms with Gasteiger partial charge in [0.2, 0.25) is 0 Å². The van der Waals surface area contributed by atoms with Crippen LogP contribution >= 0.6 is 11.8 Å². The second-order valence-corrected chi connectivity index (χ2v) is 8.09. The van der Waals surface area contributed by atoms with Gasteiger partial charge in [-0.3, -0.25) is 0 Å². The molecule has 0 radical (unpaired) electrons. The predicted molar refractivity (Wildman–Crippen MR) is 114 cm³/mol. The lowest BCUT2D eigenvalue weighted by Gasteiger charge is -2.19. The lowest BCUT2D eigenvalue weighted by Crippen LogP contribution is -2.09. The molecule has 4 rings (SSSR count). The van der Waals surface area contributed by atoms with Gasteiger partial charge in [-0.05, 0) is 54.8 Å². The quantitative estimate of drug-likeness (QED) is 0.624. The summed E-state index contributed by atoms with van der Waals surface area (Å²) in [5, 5.41) is 20.8. The van der Waals surface area contributed by atoms with Crippen molar-refractivity contribution in [1.82, 2.24) is 0 Å². The Hall–Kier alpha value is -3.12. The lowest BCUT2D eigenvalue weighted by atomic mass is 9.96.